The maximum absolute atomic E-state index is 13.9. The topological polar surface area (TPSA) is 80.3 Å². The molecule has 0 spiro atoms. The van der Waals surface area contributed by atoms with Gasteiger partial charge < -0.3 is 21.8 Å². The van der Waals surface area contributed by atoms with Gasteiger partial charge in [-0.25, -0.2) is 14.0 Å². The van der Waals surface area contributed by atoms with Crippen molar-refractivity contribution in [3.05, 3.63) is 12.2 Å². The van der Waals surface area contributed by atoms with Crippen molar-refractivity contribution in [1.29, 1.82) is 0 Å². The third kappa shape index (κ3) is 10.8. The molecule has 0 aliphatic carbocycles. The predicted molar refractivity (Wildman–Crippen MR) is 141 cm³/mol. The maximum atomic E-state index is 13.9. The largest absolute Gasteiger partial charge is 0.509 e. The molecule has 0 N–H and O–H groups in total. The van der Waals surface area contributed by atoms with Crippen LogP contribution in [0.3, 0.4) is 0 Å². The number of carbonyl (C=O) groups excluding carboxylic acids is 2. The highest BCUT2D eigenvalue weighted by atomic mass is 28.5. The van der Waals surface area contributed by atoms with E-state index in [9.17, 15) is 66.7 Å². The molecule has 0 radical (unpaired) electrons. The molecule has 45 heavy (non-hydrogen) atoms. The molecule has 0 rings (SSSR count). The Labute approximate surface area is 254 Å². The van der Waals surface area contributed by atoms with E-state index in [1.165, 1.54) is 0 Å². The van der Waals surface area contributed by atoms with Crippen LogP contribution in [0.1, 0.15) is 0 Å². The standard InChI is InChI=1S/C21H33F13O7Si4/c1-42(2,3)39-45(40-43(4,5)6,41-44(7,8)9)13-37-14(35)10-11-15(36)38-21(33,34)20(31,32)19(29,30)18(27,28)17(25,26)16(23,24)12-22/h10-11H,12-13H2,1-9H3. The Kier molecular flexibility index (Phi) is 13.1. The van der Waals surface area contributed by atoms with E-state index in [0.29, 0.717) is 0 Å². The molecule has 7 nitrogen and oxygen atoms in total. The smallest absolute Gasteiger partial charge is 0.458 e. The van der Waals surface area contributed by atoms with Crippen LogP contribution in [-0.2, 0) is 31.4 Å². The minimum atomic E-state index is -8.08. The Hall–Kier alpha value is -1.48. The molecular weight excluding hydrogens is 724 g/mol. The summed E-state index contributed by atoms with van der Waals surface area (Å²) in [6.07, 6.45) is -8.25. The van der Waals surface area contributed by atoms with Crippen molar-refractivity contribution in [2.24, 2.45) is 0 Å². The van der Waals surface area contributed by atoms with Crippen LogP contribution in [0.5, 0.6) is 0 Å². The lowest BCUT2D eigenvalue weighted by Crippen LogP contribution is -2.71. The van der Waals surface area contributed by atoms with Crippen molar-refractivity contribution in [1.82, 2.24) is 0 Å². The lowest BCUT2D eigenvalue weighted by molar-refractivity contribution is -0.450. The summed E-state index contributed by atoms with van der Waals surface area (Å²) in [4.78, 5) is 23.8. The highest BCUT2D eigenvalue weighted by Gasteiger charge is 2.91. The van der Waals surface area contributed by atoms with Crippen LogP contribution in [0.25, 0.3) is 0 Å². The number of hydrogen-bond donors (Lipinski definition) is 0. The number of esters is 2. The molecule has 0 unspecified atom stereocenters. The number of halogens is 13. The van der Waals surface area contributed by atoms with E-state index in [2.05, 4.69) is 4.74 Å². The zero-order chi connectivity index (χ0) is 36.5. The fraction of sp³-hybridized carbons (Fsp3) is 0.810. The first-order valence-electron chi connectivity index (χ1n) is 12.4. The summed E-state index contributed by atoms with van der Waals surface area (Å²) >= 11 is 0. The summed E-state index contributed by atoms with van der Waals surface area (Å²) in [6, 6.07) is 0. The van der Waals surface area contributed by atoms with Gasteiger partial charge in [-0.2, -0.15) is 52.7 Å². The van der Waals surface area contributed by atoms with Crippen LogP contribution in [-0.4, -0.2) is 94.3 Å². The van der Waals surface area contributed by atoms with Crippen LogP contribution >= 0.6 is 0 Å². The van der Waals surface area contributed by atoms with Gasteiger partial charge in [0.2, 0.25) is 0 Å². The second-order valence-corrected chi connectivity index (χ2v) is 29.1. The molecule has 0 aromatic heterocycles. The van der Waals surface area contributed by atoms with E-state index in [0.717, 1.165) is 0 Å². The minimum Gasteiger partial charge on any atom is -0.458 e. The van der Waals surface area contributed by atoms with Crippen LogP contribution in [0, 0.1) is 0 Å². The first-order chi connectivity index (χ1) is 19.4. The van der Waals surface area contributed by atoms with Crippen molar-refractivity contribution < 1.29 is 88.5 Å². The molecular formula is C21H33F13O7Si4. The average Bonchev–Trinajstić information content (AvgIpc) is 2.77. The van der Waals surface area contributed by atoms with E-state index in [-0.39, 0.29) is 6.08 Å². The van der Waals surface area contributed by atoms with Crippen molar-refractivity contribution in [2.45, 2.75) is 94.6 Å². The average molecular weight is 757 g/mol. The second-order valence-electron chi connectivity index (χ2n) is 12.3. The summed E-state index contributed by atoms with van der Waals surface area (Å²) in [6.45, 7) is 11.9. The Morgan fingerprint density at radius 1 is 0.556 bits per heavy atom. The molecule has 0 fully saturated rings. The zero-order valence-electron chi connectivity index (χ0n) is 25.3. The van der Waals surface area contributed by atoms with E-state index in [1.807, 2.05) is 0 Å². The highest BCUT2D eigenvalue weighted by molar-refractivity contribution is 6.90. The molecule has 24 heteroatoms. The van der Waals surface area contributed by atoms with Crippen molar-refractivity contribution in [3.63, 3.8) is 0 Å². The second kappa shape index (κ2) is 13.6. The van der Waals surface area contributed by atoms with E-state index in [1.54, 1.807) is 58.9 Å². The Morgan fingerprint density at radius 3 is 1.22 bits per heavy atom. The van der Waals surface area contributed by atoms with Gasteiger partial charge in [0.05, 0.1) is 0 Å². The Bertz CT molecular complexity index is 1050. The van der Waals surface area contributed by atoms with Crippen LogP contribution in [0.2, 0.25) is 58.9 Å². The van der Waals surface area contributed by atoms with Gasteiger partial charge >= 0.3 is 56.5 Å². The molecule has 0 aromatic rings. The molecule has 0 aliphatic heterocycles. The molecule has 0 atom stereocenters. The van der Waals surface area contributed by atoms with Crippen LogP contribution in [0.4, 0.5) is 57.1 Å². The third-order valence-corrected chi connectivity index (χ3v) is 16.1. The van der Waals surface area contributed by atoms with Gasteiger partial charge in [0, 0.05) is 12.2 Å². The lowest BCUT2D eigenvalue weighted by Gasteiger charge is -2.42. The maximum Gasteiger partial charge on any atom is 0.509 e. The fourth-order valence-corrected chi connectivity index (χ4v) is 16.9. The van der Waals surface area contributed by atoms with Crippen molar-refractivity contribution in [3.8, 4) is 0 Å². The number of ether oxygens (including phenoxy) is 2. The van der Waals surface area contributed by atoms with E-state index >= 15 is 0 Å². The summed E-state index contributed by atoms with van der Waals surface area (Å²) in [5.74, 6) is -42.6. The monoisotopic (exact) mass is 756 g/mol. The Balaban J connectivity index is 6.09. The number of hydrogen-bond acceptors (Lipinski definition) is 7. The summed E-state index contributed by atoms with van der Waals surface area (Å²) < 4.78 is 201. The molecule has 266 valence electrons. The quantitative estimate of drug-likeness (QED) is 0.0663. The van der Waals surface area contributed by atoms with Crippen molar-refractivity contribution in [2.75, 3.05) is 12.9 Å². The highest BCUT2D eigenvalue weighted by Crippen LogP contribution is 2.60. The third-order valence-electron chi connectivity index (χ3n) is 4.54. The minimum absolute atomic E-state index is 0.0457. The predicted octanol–water partition coefficient (Wildman–Crippen LogP) is 7.40. The lowest BCUT2D eigenvalue weighted by atomic mass is 9.94. The van der Waals surface area contributed by atoms with Crippen molar-refractivity contribution >= 4 is 45.7 Å². The summed E-state index contributed by atoms with van der Waals surface area (Å²) in [7, 11) is -11.4. The van der Waals surface area contributed by atoms with Gasteiger partial charge in [-0.05, 0) is 58.9 Å². The molecule has 0 saturated heterocycles. The SMILES string of the molecule is C[Si](C)(C)O[Si](COC(=O)C=CC(=O)OC(F)(F)C(F)(F)C(F)(F)C(F)(F)C(F)(F)C(F)(F)CF)(O[Si](C)(C)C)O[Si](C)(C)C. The number of carbonyl (C=O) groups is 2. The van der Waals surface area contributed by atoms with E-state index in [4.69, 9.17) is 17.1 Å². The molecule has 0 amide bonds. The molecule has 0 saturated carbocycles. The van der Waals surface area contributed by atoms with Gasteiger partial charge in [-0.3, -0.25) is 0 Å². The number of rotatable bonds is 17. The fourth-order valence-electron chi connectivity index (χ4n) is 3.01. The van der Waals surface area contributed by atoms with Gasteiger partial charge in [-0.15, -0.1) is 0 Å². The first kappa shape index (κ1) is 43.5. The van der Waals surface area contributed by atoms with Gasteiger partial charge in [0.15, 0.2) is 37.9 Å². The number of alkyl halides is 13. The first-order valence-corrected chi connectivity index (χ1v) is 24.6. The normalized spacial score (nSPS) is 15.4. The summed E-state index contributed by atoms with van der Waals surface area (Å²) in [5.41, 5.74) is 0. The molecule has 0 heterocycles. The van der Waals surface area contributed by atoms with Gasteiger partial charge in [-0.1, -0.05) is 0 Å². The van der Waals surface area contributed by atoms with Crippen LogP contribution in [0.15, 0.2) is 12.2 Å². The molecule has 0 aliphatic rings. The summed E-state index contributed by atoms with van der Waals surface area (Å²) in [5, 5.41) is 0. The zero-order valence-corrected chi connectivity index (χ0v) is 29.3. The van der Waals surface area contributed by atoms with E-state index < -0.39 is 100 Å². The molecule has 0 aromatic carbocycles. The Morgan fingerprint density at radius 2 is 0.889 bits per heavy atom. The van der Waals surface area contributed by atoms with Gasteiger partial charge in [0.1, 0.15) is 0 Å². The van der Waals surface area contributed by atoms with Crippen LogP contribution < -0.4 is 0 Å². The van der Waals surface area contributed by atoms with Gasteiger partial charge in [0.25, 0.3) is 0 Å². The molecule has 0 bridgehead atoms.